The number of nitrogens with one attached hydrogen (secondary N) is 2. The lowest BCUT2D eigenvalue weighted by atomic mass is 9.87. The number of hydrogen-bond donors (Lipinski definition) is 2. The molecule has 2 N–H and O–H groups in total. The van der Waals surface area contributed by atoms with E-state index in [0.29, 0.717) is 12.8 Å². The second-order valence-electron chi connectivity index (χ2n) is 5.60. The first kappa shape index (κ1) is 11.4. The molecule has 1 heterocycles. The van der Waals surface area contributed by atoms with E-state index in [-0.39, 0.29) is 29.3 Å². The second-order valence-corrected chi connectivity index (χ2v) is 5.60. The van der Waals surface area contributed by atoms with Gasteiger partial charge in [0.15, 0.2) is 0 Å². The topological polar surface area (TPSA) is 58.2 Å². The first-order valence-corrected chi connectivity index (χ1v) is 6.09. The lowest BCUT2D eigenvalue weighted by Crippen LogP contribution is -2.49. The third-order valence-electron chi connectivity index (χ3n) is 3.89. The third kappa shape index (κ3) is 2.20. The molecule has 1 saturated carbocycles. The van der Waals surface area contributed by atoms with Crippen molar-refractivity contribution < 1.29 is 9.59 Å². The summed E-state index contributed by atoms with van der Waals surface area (Å²) in [5.41, 5.74) is 0.193. The summed E-state index contributed by atoms with van der Waals surface area (Å²) in [4.78, 5) is 22.9. The van der Waals surface area contributed by atoms with E-state index in [0.717, 1.165) is 12.8 Å². The number of hydrogen-bond acceptors (Lipinski definition) is 2. The fourth-order valence-corrected chi connectivity index (χ4v) is 2.68. The van der Waals surface area contributed by atoms with E-state index in [2.05, 4.69) is 24.5 Å². The van der Waals surface area contributed by atoms with E-state index < -0.39 is 0 Å². The number of carbonyl (C=O) groups excluding carboxylic acids is 2. The van der Waals surface area contributed by atoms with Crippen molar-refractivity contribution in [2.75, 3.05) is 0 Å². The Hall–Kier alpha value is -1.06. The summed E-state index contributed by atoms with van der Waals surface area (Å²) in [7, 11) is 0. The summed E-state index contributed by atoms with van der Waals surface area (Å²) in [5, 5.41) is 5.78. The third-order valence-corrected chi connectivity index (χ3v) is 3.89. The van der Waals surface area contributed by atoms with Gasteiger partial charge in [-0.2, -0.15) is 0 Å². The number of rotatable bonds is 2. The van der Waals surface area contributed by atoms with E-state index in [4.69, 9.17) is 0 Å². The Morgan fingerprint density at radius 1 is 1.44 bits per heavy atom. The first-order valence-electron chi connectivity index (χ1n) is 6.09. The largest absolute Gasteiger partial charge is 0.351 e. The maximum Gasteiger partial charge on any atom is 0.242 e. The monoisotopic (exact) mass is 224 g/mol. The minimum atomic E-state index is -0.302. The average Bonchev–Trinajstić information content (AvgIpc) is 2.74. The van der Waals surface area contributed by atoms with Gasteiger partial charge in [0.1, 0.15) is 6.04 Å². The molecule has 0 spiro atoms. The van der Waals surface area contributed by atoms with Crippen LogP contribution in [-0.4, -0.2) is 23.9 Å². The second kappa shape index (κ2) is 4.07. The minimum absolute atomic E-state index is 0.00849. The summed E-state index contributed by atoms with van der Waals surface area (Å²) in [5.74, 6) is -0.0170. The molecule has 1 saturated heterocycles. The van der Waals surface area contributed by atoms with Crippen LogP contribution < -0.4 is 10.6 Å². The van der Waals surface area contributed by atoms with Crippen LogP contribution in [0.3, 0.4) is 0 Å². The molecule has 2 fully saturated rings. The molecule has 0 bridgehead atoms. The van der Waals surface area contributed by atoms with Gasteiger partial charge in [0.05, 0.1) is 0 Å². The van der Waals surface area contributed by atoms with Gasteiger partial charge in [-0.05, 0) is 24.7 Å². The summed E-state index contributed by atoms with van der Waals surface area (Å²) in [6.07, 6.45) is 4.51. The van der Waals surface area contributed by atoms with Crippen LogP contribution in [0.1, 0.15) is 46.0 Å². The van der Waals surface area contributed by atoms with Crippen LogP contribution in [0.15, 0.2) is 0 Å². The smallest absolute Gasteiger partial charge is 0.242 e. The number of carbonyl (C=O) groups is 2. The highest BCUT2D eigenvalue weighted by Gasteiger charge is 2.37. The molecule has 0 radical (unpaired) electrons. The van der Waals surface area contributed by atoms with Crippen molar-refractivity contribution in [2.45, 2.75) is 58.0 Å². The Bertz CT molecular complexity index is 312. The lowest BCUT2D eigenvalue weighted by molar-refractivity contribution is -0.126. The molecule has 0 aromatic heterocycles. The average molecular weight is 224 g/mol. The highest BCUT2D eigenvalue weighted by atomic mass is 16.2. The van der Waals surface area contributed by atoms with Gasteiger partial charge in [-0.15, -0.1) is 0 Å². The molecule has 90 valence electrons. The molecule has 1 aliphatic carbocycles. The van der Waals surface area contributed by atoms with E-state index in [1.54, 1.807) is 0 Å². The summed E-state index contributed by atoms with van der Waals surface area (Å²) in [6, 6.07) is -0.0404. The Labute approximate surface area is 96.2 Å². The van der Waals surface area contributed by atoms with Crippen LogP contribution in [0.25, 0.3) is 0 Å². The van der Waals surface area contributed by atoms with E-state index >= 15 is 0 Å². The Morgan fingerprint density at radius 2 is 2.19 bits per heavy atom. The lowest BCUT2D eigenvalue weighted by Gasteiger charge is -2.28. The predicted molar refractivity (Wildman–Crippen MR) is 60.7 cm³/mol. The van der Waals surface area contributed by atoms with E-state index in [1.807, 2.05) is 0 Å². The van der Waals surface area contributed by atoms with Crippen molar-refractivity contribution in [3.05, 3.63) is 0 Å². The maximum atomic E-state index is 11.9. The quantitative estimate of drug-likeness (QED) is 0.734. The summed E-state index contributed by atoms with van der Waals surface area (Å²) >= 11 is 0. The maximum absolute atomic E-state index is 11.9. The van der Waals surface area contributed by atoms with Gasteiger partial charge in [-0.3, -0.25) is 9.59 Å². The zero-order valence-corrected chi connectivity index (χ0v) is 10.0. The van der Waals surface area contributed by atoms with Gasteiger partial charge < -0.3 is 10.6 Å². The van der Waals surface area contributed by atoms with Crippen molar-refractivity contribution in [3.63, 3.8) is 0 Å². The van der Waals surface area contributed by atoms with Crippen LogP contribution >= 0.6 is 0 Å². The van der Waals surface area contributed by atoms with E-state index in [9.17, 15) is 9.59 Å². The molecule has 2 amide bonds. The molecule has 2 rings (SSSR count). The Morgan fingerprint density at radius 3 is 2.69 bits per heavy atom. The van der Waals surface area contributed by atoms with Crippen molar-refractivity contribution in [2.24, 2.45) is 5.41 Å². The van der Waals surface area contributed by atoms with Crippen LogP contribution in [0.2, 0.25) is 0 Å². The van der Waals surface area contributed by atoms with Crippen molar-refractivity contribution in [1.29, 1.82) is 0 Å². The van der Waals surface area contributed by atoms with Crippen LogP contribution in [0.5, 0.6) is 0 Å². The van der Waals surface area contributed by atoms with Gasteiger partial charge >= 0.3 is 0 Å². The Kier molecular flexibility index (Phi) is 2.91. The molecule has 2 aliphatic rings. The van der Waals surface area contributed by atoms with Crippen LogP contribution in [0, 0.1) is 5.41 Å². The van der Waals surface area contributed by atoms with Gasteiger partial charge in [0, 0.05) is 12.5 Å². The zero-order valence-electron chi connectivity index (χ0n) is 10.0. The van der Waals surface area contributed by atoms with E-state index in [1.165, 1.54) is 6.42 Å². The van der Waals surface area contributed by atoms with Gasteiger partial charge in [0.2, 0.25) is 11.8 Å². The summed E-state index contributed by atoms with van der Waals surface area (Å²) in [6.45, 7) is 4.39. The predicted octanol–water partition coefficient (Wildman–Crippen LogP) is 0.960. The molecule has 1 aliphatic heterocycles. The normalized spacial score (nSPS) is 32.5. The molecular weight excluding hydrogens is 204 g/mol. The SMILES string of the molecule is CC1(C)CCC[C@@H]1NC(=O)[C@H]1CCC(=O)N1. The molecule has 0 unspecified atom stereocenters. The fraction of sp³-hybridized carbons (Fsp3) is 0.833. The molecule has 16 heavy (non-hydrogen) atoms. The highest BCUT2D eigenvalue weighted by molar-refractivity contribution is 5.90. The molecule has 0 aromatic rings. The van der Waals surface area contributed by atoms with Crippen molar-refractivity contribution in [1.82, 2.24) is 10.6 Å². The van der Waals surface area contributed by atoms with Gasteiger partial charge in [-0.1, -0.05) is 20.3 Å². The molecule has 2 atom stereocenters. The van der Waals surface area contributed by atoms with Crippen molar-refractivity contribution >= 4 is 11.8 Å². The van der Waals surface area contributed by atoms with Crippen molar-refractivity contribution in [3.8, 4) is 0 Å². The number of amides is 2. The fourth-order valence-electron chi connectivity index (χ4n) is 2.68. The van der Waals surface area contributed by atoms with Crippen LogP contribution in [-0.2, 0) is 9.59 Å². The minimum Gasteiger partial charge on any atom is -0.351 e. The van der Waals surface area contributed by atoms with Gasteiger partial charge in [0.25, 0.3) is 0 Å². The molecule has 0 aromatic carbocycles. The van der Waals surface area contributed by atoms with Gasteiger partial charge in [-0.25, -0.2) is 0 Å². The highest BCUT2D eigenvalue weighted by Crippen LogP contribution is 2.37. The Balaban J connectivity index is 1.90. The standard InChI is InChI=1S/C12H20N2O2/c1-12(2)7-3-4-9(12)14-11(16)8-5-6-10(15)13-8/h8-9H,3-7H2,1-2H3,(H,13,15)(H,14,16)/t8-,9+/m1/s1. The summed E-state index contributed by atoms with van der Waals surface area (Å²) < 4.78 is 0. The molecular formula is C12H20N2O2. The molecule has 4 heteroatoms. The first-order chi connectivity index (χ1) is 7.49. The zero-order chi connectivity index (χ0) is 11.8. The molecule has 4 nitrogen and oxygen atoms in total. The van der Waals surface area contributed by atoms with Crippen LogP contribution in [0.4, 0.5) is 0 Å².